The summed E-state index contributed by atoms with van der Waals surface area (Å²) in [6.45, 7) is 0. The number of fused-ring (bicyclic) bond motifs is 6. The first kappa shape index (κ1) is 45.5. The van der Waals surface area contributed by atoms with Crippen LogP contribution in [0.4, 0.5) is 0 Å². The molecule has 14 aromatic rings. The first-order chi connectivity index (χ1) is 37.7. The van der Waals surface area contributed by atoms with Crippen LogP contribution in [-0.4, -0.2) is 9.13 Å². The Morgan fingerprint density at radius 3 is 1.16 bits per heavy atom. The van der Waals surface area contributed by atoms with E-state index in [0.717, 1.165) is 11.4 Å². The van der Waals surface area contributed by atoms with Gasteiger partial charge >= 0.3 is 0 Å². The van der Waals surface area contributed by atoms with Crippen LogP contribution in [0.3, 0.4) is 0 Å². The fraction of sp³-hybridized carbons (Fsp3) is 0. The second-order valence-corrected chi connectivity index (χ2v) is 25.4. The van der Waals surface area contributed by atoms with Crippen LogP contribution in [0.15, 0.2) is 355 Å². The van der Waals surface area contributed by atoms with E-state index in [4.69, 9.17) is 0 Å². The molecule has 0 spiro atoms. The van der Waals surface area contributed by atoms with E-state index in [0.29, 0.717) is 0 Å². The van der Waals surface area contributed by atoms with Gasteiger partial charge in [-0.1, -0.05) is 176 Å². The standard InChI is InChI=1S/C72H52N2S2/c1-7-25-53(26-8-1)54-27-23-38-63(51-54)75(57-28-9-2-10-29-57,58-30-11-3-12-31-58)62-48-45-55(46-49-62)73-67-41-21-19-39-64(67)66-52-56(47-50-69(66)73)74-68-42-22-20-40-65(68)72-70(74)43-24-44-71(72)76(59-32-13-4-14-33-59,60-34-15-5-16-35-60)61-36-17-6-18-37-61/h1-52H. The van der Waals surface area contributed by atoms with Crippen LogP contribution in [0, 0.1) is 0 Å². The summed E-state index contributed by atoms with van der Waals surface area (Å²) < 4.78 is 4.96. The molecule has 0 unspecified atom stereocenters. The predicted octanol–water partition coefficient (Wildman–Crippen LogP) is 20.2. The lowest BCUT2D eigenvalue weighted by Gasteiger charge is -2.42. The average molecular weight is 1010 g/mol. The van der Waals surface area contributed by atoms with Crippen molar-refractivity contribution in [3.05, 3.63) is 315 Å². The topological polar surface area (TPSA) is 9.86 Å². The third-order valence-corrected chi connectivity index (χ3v) is 23.0. The van der Waals surface area contributed by atoms with Crippen molar-refractivity contribution < 1.29 is 0 Å². The quantitative estimate of drug-likeness (QED) is 0.122. The number of hydrogen-bond donors (Lipinski definition) is 0. The Labute approximate surface area is 447 Å². The van der Waals surface area contributed by atoms with E-state index in [9.17, 15) is 0 Å². The van der Waals surface area contributed by atoms with E-state index in [2.05, 4.69) is 325 Å². The molecule has 4 heteroatoms. The zero-order valence-corrected chi connectivity index (χ0v) is 43.4. The van der Waals surface area contributed by atoms with E-state index in [1.54, 1.807) is 0 Å². The first-order valence-electron chi connectivity index (χ1n) is 26.0. The molecule has 0 bridgehead atoms. The van der Waals surface area contributed by atoms with Gasteiger partial charge in [-0.15, -0.1) is 20.1 Å². The molecule has 0 aliphatic rings. The Balaban J connectivity index is 0.958. The average Bonchev–Trinajstić information content (AvgIpc) is 4.03. The molecule has 0 aliphatic heterocycles. The van der Waals surface area contributed by atoms with Crippen molar-refractivity contribution in [3.8, 4) is 22.5 Å². The summed E-state index contributed by atoms with van der Waals surface area (Å²) in [5, 5.41) is 4.95. The first-order valence-corrected chi connectivity index (χ1v) is 29.2. The van der Waals surface area contributed by atoms with Crippen LogP contribution in [0.5, 0.6) is 0 Å². The van der Waals surface area contributed by atoms with E-state index < -0.39 is 20.1 Å². The third-order valence-electron chi connectivity index (χ3n) is 15.1. The molecule has 2 aromatic heterocycles. The molecule has 14 rings (SSSR count). The molecule has 76 heavy (non-hydrogen) atoms. The van der Waals surface area contributed by atoms with Gasteiger partial charge in [-0.2, -0.15) is 0 Å². The zero-order valence-electron chi connectivity index (χ0n) is 41.7. The summed E-state index contributed by atoms with van der Waals surface area (Å²) in [4.78, 5) is 10.4. The third kappa shape index (κ3) is 7.21. The normalized spacial score (nSPS) is 12.4. The maximum atomic E-state index is 2.50. The van der Waals surface area contributed by atoms with Gasteiger partial charge < -0.3 is 9.13 Å². The molecular weight excluding hydrogens is 957 g/mol. The van der Waals surface area contributed by atoms with Crippen molar-refractivity contribution >= 4 is 63.7 Å². The van der Waals surface area contributed by atoms with Crippen LogP contribution in [0.25, 0.3) is 66.1 Å². The van der Waals surface area contributed by atoms with E-state index in [1.165, 1.54) is 93.9 Å². The number of rotatable bonds is 11. The van der Waals surface area contributed by atoms with Crippen LogP contribution in [0.1, 0.15) is 0 Å². The number of para-hydroxylation sites is 2. The van der Waals surface area contributed by atoms with Crippen LogP contribution >= 0.6 is 20.1 Å². The van der Waals surface area contributed by atoms with Crippen molar-refractivity contribution in [1.29, 1.82) is 0 Å². The van der Waals surface area contributed by atoms with Gasteiger partial charge in [0.2, 0.25) is 0 Å². The molecular formula is C72H52N2S2. The lowest BCUT2D eigenvalue weighted by molar-refractivity contribution is 1.15. The number of hydrogen-bond acceptors (Lipinski definition) is 0. The second kappa shape index (κ2) is 19.0. The summed E-state index contributed by atoms with van der Waals surface area (Å²) in [6.07, 6.45) is 0. The lowest BCUT2D eigenvalue weighted by Crippen LogP contribution is -2.06. The van der Waals surface area contributed by atoms with Crippen molar-refractivity contribution in [2.45, 2.75) is 39.2 Å². The largest absolute Gasteiger partial charge is 0.309 e. The molecule has 0 radical (unpaired) electrons. The monoisotopic (exact) mass is 1010 g/mol. The summed E-state index contributed by atoms with van der Waals surface area (Å²) >= 11 is 0. The van der Waals surface area contributed by atoms with Crippen LogP contribution in [-0.2, 0) is 0 Å². The van der Waals surface area contributed by atoms with E-state index in [-0.39, 0.29) is 0 Å². The fourth-order valence-electron chi connectivity index (χ4n) is 11.9. The Morgan fingerprint density at radius 1 is 0.211 bits per heavy atom. The van der Waals surface area contributed by atoms with Gasteiger partial charge in [0, 0.05) is 72.1 Å². The maximum absolute atomic E-state index is 2.50. The SMILES string of the molecule is c1ccc(-c2cccc(S(c3ccccc3)(c3ccccc3)c3ccc(-n4c5ccccc5c5cc(-n6c7ccccc7c7c(S(c8ccccc8)(c8ccccc8)c8ccccc8)cccc76)ccc54)cc3)c2)cc1. The van der Waals surface area contributed by atoms with Gasteiger partial charge in [-0.25, -0.2) is 0 Å². The summed E-state index contributed by atoms with van der Waals surface area (Å²) in [6, 6.07) is 117. The molecule has 0 saturated heterocycles. The van der Waals surface area contributed by atoms with Gasteiger partial charge in [0.15, 0.2) is 0 Å². The van der Waals surface area contributed by atoms with Crippen LogP contribution < -0.4 is 0 Å². The number of nitrogens with zero attached hydrogens (tertiary/aromatic N) is 2. The molecule has 0 fully saturated rings. The minimum Gasteiger partial charge on any atom is -0.309 e. The molecule has 0 aliphatic carbocycles. The molecule has 12 aromatic carbocycles. The predicted molar refractivity (Wildman–Crippen MR) is 321 cm³/mol. The number of aromatic nitrogens is 2. The highest BCUT2D eigenvalue weighted by Gasteiger charge is 2.37. The smallest absolute Gasteiger partial charge is 0.0552 e. The summed E-state index contributed by atoms with van der Waals surface area (Å²) in [5.74, 6) is 0. The van der Waals surface area contributed by atoms with Crippen LogP contribution in [0.2, 0.25) is 0 Å². The van der Waals surface area contributed by atoms with Crippen molar-refractivity contribution in [1.82, 2.24) is 9.13 Å². The van der Waals surface area contributed by atoms with Gasteiger partial charge in [-0.3, -0.25) is 0 Å². The van der Waals surface area contributed by atoms with Gasteiger partial charge in [-0.05, 0) is 151 Å². The lowest BCUT2D eigenvalue weighted by atomic mass is 10.1. The van der Waals surface area contributed by atoms with Crippen molar-refractivity contribution in [2.24, 2.45) is 0 Å². The summed E-state index contributed by atoms with van der Waals surface area (Å²) in [5.41, 5.74) is 9.39. The van der Waals surface area contributed by atoms with Gasteiger partial charge in [0.1, 0.15) is 0 Å². The second-order valence-electron chi connectivity index (χ2n) is 19.2. The molecule has 0 N–H and O–H groups in total. The van der Waals surface area contributed by atoms with Crippen molar-refractivity contribution in [2.75, 3.05) is 0 Å². The molecule has 362 valence electrons. The van der Waals surface area contributed by atoms with E-state index >= 15 is 0 Å². The highest BCUT2D eigenvalue weighted by molar-refractivity contribution is 8.34. The van der Waals surface area contributed by atoms with Gasteiger partial charge in [0.25, 0.3) is 0 Å². The molecule has 2 heterocycles. The Morgan fingerprint density at radius 2 is 0.592 bits per heavy atom. The fourth-order valence-corrected chi connectivity index (χ4v) is 19.9. The Kier molecular flexibility index (Phi) is 11.4. The Bertz CT molecular complexity index is 4230. The van der Waals surface area contributed by atoms with E-state index in [1.807, 2.05) is 0 Å². The van der Waals surface area contributed by atoms with Gasteiger partial charge in [0.05, 0.1) is 22.1 Å². The molecule has 0 atom stereocenters. The molecule has 0 saturated carbocycles. The zero-order chi connectivity index (χ0) is 50.5. The minimum atomic E-state index is -1.98. The Hall–Kier alpha value is -9.06. The molecule has 0 amide bonds. The maximum Gasteiger partial charge on any atom is 0.0552 e. The molecule has 2 nitrogen and oxygen atoms in total. The minimum absolute atomic E-state index is 1.12. The summed E-state index contributed by atoms with van der Waals surface area (Å²) in [7, 11) is -3.93. The highest BCUT2D eigenvalue weighted by Crippen LogP contribution is 2.75. The highest BCUT2D eigenvalue weighted by atomic mass is 32.3. The number of benzene rings is 12. The van der Waals surface area contributed by atoms with Crippen molar-refractivity contribution in [3.63, 3.8) is 0 Å².